The summed E-state index contributed by atoms with van der Waals surface area (Å²) in [5.74, 6) is 0.703. The molecule has 0 aliphatic carbocycles. The summed E-state index contributed by atoms with van der Waals surface area (Å²) in [5.41, 5.74) is 0.721. The van der Waals surface area contributed by atoms with Crippen molar-refractivity contribution in [3.05, 3.63) is 23.8 Å². The first-order valence-corrected chi connectivity index (χ1v) is 9.51. The van der Waals surface area contributed by atoms with Gasteiger partial charge in [0.1, 0.15) is 5.75 Å². The number of nitrogens with zero attached hydrogens (tertiary/aromatic N) is 2. The van der Waals surface area contributed by atoms with Gasteiger partial charge in [0.25, 0.3) is 0 Å². The van der Waals surface area contributed by atoms with Crippen molar-refractivity contribution in [1.82, 2.24) is 9.21 Å². The Morgan fingerprint density at radius 1 is 1.30 bits per heavy atom. The van der Waals surface area contributed by atoms with Gasteiger partial charge >= 0.3 is 0 Å². The van der Waals surface area contributed by atoms with Crippen LogP contribution in [0.5, 0.6) is 5.75 Å². The number of piperazine rings is 1. The van der Waals surface area contributed by atoms with Gasteiger partial charge in [0.05, 0.1) is 24.7 Å². The standard InChI is InChI=1S/C16H24N2O4S/c1-3-22-15-4-5-16(13(2)10-15)23(19,20)18-7-6-17-8-9-21-12-14(17)11-18/h4-5,10,14H,3,6-9,11-12H2,1-2H3. The summed E-state index contributed by atoms with van der Waals surface area (Å²) in [6.07, 6.45) is 0. The van der Waals surface area contributed by atoms with E-state index in [1.165, 1.54) is 0 Å². The van der Waals surface area contributed by atoms with Gasteiger partial charge in [-0.3, -0.25) is 4.90 Å². The van der Waals surface area contributed by atoms with E-state index in [1.807, 2.05) is 13.8 Å². The lowest BCUT2D eigenvalue weighted by Gasteiger charge is -2.43. The predicted octanol–water partition coefficient (Wildman–Crippen LogP) is 1.10. The Hall–Kier alpha value is -1.15. The molecule has 1 unspecified atom stereocenters. The Morgan fingerprint density at radius 3 is 2.87 bits per heavy atom. The Kier molecular flexibility index (Phi) is 4.91. The predicted molar refractivity (Wildman–Crippen MR) is 87.3 cm³/mol. The molecular formula is C16H24N2O4S. The van der Waals surface area contributed by atoms with Gasteiger partial charge in [0.15, 0.2) is 0 Å². The number of hydrogen-bond acceptors (Lipinski definition) is 5. The molecule has 128 valence electrons. The Morgan fingerprint density at radius 2 is 2.13 bits per heavy atom. The van der Waals surface area contributed by atoms with Crippen molar-refractivity contribution in [3.63, 3.8) is 0 Å². The van der Waals surface area contributed by atoms with Gasteiger partial charge in [-0.2, -0.15) is 4.31 Å². The van der Waals surface area contributed by atoms with Crippen molar-refractivity contribution >= 4 is 10.0 Å². The molecule has 2 aliphatic rings. The maximum Gasteiger partial charge on any atom is 0.243 e. The molecule has 0 radical (unpaired) electrons. The molecular weight excluding hydrogens is 316 g/mol. The molecule has 0 saturated carbocycles. The second-order valence-corrected chi connectivity index (χ2v) is 7.89. The van der Waals surface area contributed by atoms with Crippen molar-refractivity contribution in [3.8, 4) is 5.75 Å². The number of aryl methyl sites for hydroxylation is 1. The van der Waals surface area contributed by atoms with Crippen molar-refractivity contribution in [2.45, 2.75) is 24.8 Å². The molecule has 2 fully saturated rings. The van der Waals surface area contributed by atoms with Gasteiger partial charge in [-0.15, -0.1) is 0 Å². The zero-order chi connectivity index (χ0) is 16.4. The van der Waals surface area contributed by atoms with Crippen LogP contribution in [0.4, 0.5) is 0 Å². The minimum absolute atomic E-state index is 0.162. The summed E-state index contributed by atoms with van der Waals surface area (Å²) < 4.78 is 38.5. The molecule has 0 spiro atoms. The van der Waals surface area contributed by atoms with Crippen LogP contribution in [-0.2, 0) is 14.8 Å². The Balaban J connectivity index is 1.81. The zero-order valence-electron chi connectivity index (χ0n) is 13.7. The maximum atomic E-state index is 13.0. The Labute approximate surface area is 138 Å². The first-order chi connectivity index (χ1) is 11.0. The SMILES string of the molecule is CCOc1ccc(S(=O)(=O)N2CCN3CCOCC3C2)c(C)c1. The summed E-state index contributed by atoms with van der Waals surface area (Å²) in [6, 6.07) is 5.33. The normalized spacial score (nSPS) is 23.5. The third-order valence-electron chi connectivity index (χ3n) is 4.48. The number of morpholine rings is 1. The van der Waals surface area contributed by atoms with Gasteiger partial charge in [-0.25, -0.2) is 8.42 Å². The molecule has 2 saturated heterocycles. The number of fused-ring (bicyclic) bond motifs is 1. The van der Waals surface area contributed by atoms with Gasteiger partial charge < -0.3 is 9.47 Å². The summed E-state index contributed by atoms with van der Waals surface area (Å²) in [4.78, 5) is 2.69. The van der Waals surface area contributed by atoms with Crippen molar-refractivity contribution in [2.24, 2.45) is 0 Å². The fraction of sp³-hybridized carbons (Fsp3) is 0.625. The number of sulfonamides is 1. The number of benzene rings is 1. The number of hydrogen-bond donors (Lipinski definition) is 0. The highest BCUT2D eigenvalue weighted by atomic mass is 32.2. The molecule has 0 aromatic heterocycles. The van der Waals surface area contributed by atoms with E-state index in [0.29, 0.717) is 36.9 Å². The summed E-state index contributed by atoms with van der Waals surface area (Å²) in [5, 5.41) is 0. The van der Waals surface area contributed by atoms with Crippen LogP contribution in [0.1, 0.15) is 12.5 Å². The monoisotopic (exact) mass is 340 g/mol. The lowest BCUT2D eigenvalue weighted by molar-refractivity contribution is -0.0304. The average molecular weight is 340 g/mol. The molecule has 1 aromatic carbocycles. The highest BCUT2D eigenvalue weighted by Gasteiger charge is 2.36. The van der Waals surface area contributed by atoms with Crippen molar-refractivity contribution < 1.29 is 17.9 Å². The van der Waals surface area contributed by atoms with Crippen LogP contribution in [0.3, 0.4) is 0 Å². The molecule has 0 bridgehead atoms. The highest BCUT2D eigenvalue weighted by molar-refractivity contribution is 7.89. The maximum absolute atomic E-state index is 13.0. The summed E-state index contributed by atoms with van der Waals surface area (Å²) in [7, 11) is -3.48. The quantitative estimate of drug-likeness (QED) is 0.821. The Bertz CT molecular complexity index is 662. The molecule has 2 aliphatic heterocycles. The minimum atomic E-state index is -3.48. The van der Waals surface area contributed by atoms with Crippen molar-refractivity contribution in [1.29, 1.82) is 0 Å². The molecule has 6 nitrogen and oxygen atoms in total. The van der Waals surface area contributed by atoms with Crippen LogP contribution in [0.2, 0.25) is 0 Å². The first-order valence-electron chi connectivity index (χ1n) is 8.07. The lowest BCUT2D eigenvalue weighted by Crippen LogP contribution is -2.59. The second kappa shape index (κ2) is 6.76. The van der Waals surface area contributed by atoms with E-state index in [1.54, 1.807) is 22.5 Å². The topological polar surface area (TPSA) is 59.1 Å². The molecule has 1 atom stereocenters. The third-order valence-corrected chi connectivity index (χ3v) is 6.50. The molecule has 2 heterocycles. The third kappa shape index (κ3) is 3.38. The molecule has 3 rings (SSSR count). The lowest BCUT2D eigenvalue weighted by atomic mass is 10.2. The fourth-order valence-electron chi connectivity index (χ4n) is 3.24. The number of ether oxygens (including phenoxy) is 2. The summed E-state index contributed by atoms with van der Waals surface area (Å²) in [6.45, 7) is 8.32. The van der Waals surface area contributed by atoms with Crippen LogP contribution in [0, 0.1) is 6.92 Å². The fourth-order valence-corrected chi connectivity index (χ4v) is 4.92. The van der Waals surface area contributed by atoms with Crippen LogP contribution >= 0.6 is 0 Å². The van der Waals surface area contributed by atoms with E-state index in [0.717, 1.165) is 25.3 Å². The van der Waals surface area contributed by atoms with Gasteiger partial charge in [0, 0.05) is 32.2 Å². The van der Waals surface area contributed by atoms with Crippen LogP contribution in [0.15, 0.2) is 23.1 Å². The molecule has 0 N–H and O–H groups in total. The molecule has 7 heteroatoms. The second-order valence-electron chi connectivity index (χ2n) is 5.99. The van der Waals surface area contributed by atoms with Gasteiger partial charge in [-0.1, -0.05) is 0 Å². The van der Waals surface area contributed by atoms with E-state index in [4.69, 9.17) is 9.47 Å². The van der Waals surface area contributed by atoms with Crippen LogP contribution in [0.25, 0.3) is 0 Å². The van der Waals surface area contributed by atoms with Gasteiger partial charge in [-0.05, 0) is 37.6 Å². The van der Waals surface area contributed by atoms with Crippen LogP contribution in [-0.4, -0.2) is 69.7 Å². The average Bonchev–Trinajstić information content (AvgIpc) is 2.54. The minimum Gasteiger partial charge on any atom is -0.494 e. The molecule has 23 heavy (non-hydrogen) atoms. The summed E-state index contributed by atoms with van der Waals surface area (Å²) >= 11 is 0. The highest BCUT2D eigenvalue weighted by Crippen LogP contribution is 2.26. The van der Waals surface area contributed by atoms with E-state index in [-0.39, 0.29) is 6.04 Å². The molecule has 1 aromatic rings. The van der Waals surface area contributed by atoms with Crippen LogP contribution < -0.4 is 4.74 Å². The van der Waals surface area contributed by atoms with E-state index >= 15 is 0 Å². The van der Waals surface area contributed by atoms with E-state index in [2.05, 4.69) is 4.90 Å². The van der Waals surface area contributed by atoms with E-state index < -0.39 is 10.0 Å². The zero-order valence-corrected chi connectivity index (χ0v) is 14.5. The smallest absolute Gasteiger partial charge is 0.243 e. The molecule has 0 amide bonds. The first kappa shape index (κ1) is 16.7. The van der Waals surface area contributed by atoms with E-state index in [9.17, 15) is 8.42 Å². The number of rotatable bonds is 4. The largest absolute Gasteiger partial charge is 0.494 e. The van der Waals surface area contributed by atoms with Crippen molar-refractivity contribution in [2.75, 3.05) is 46.0 Å². The van der Waals surface area contributed by atoms with Gasteiger partial charge in [0.2, 0.25) is 10.0 Å².